The van der Waals surface area contributed by atoms with Crippen LogP contribution in [0.3, 0.4) is 0 Å². The van der Waals surface area contributed by atoms with Gasteiger partial charge in [-0.3, -0.25) is 4.79 Å². The van der Waals surface area contributed by atoms with Crippen LogP contribution in [0.2, 0.25) is 10.0 Å². The first-order valence-electron chi connectivity index (χ1n) is 8.72. The van der Waals surface area contributed by atoms with Crippen LogP contribution in [-0.4, -0.2) is 39.9 Å². The maximum atomic E-state index is 11.8. The van der Waals surface area contributed by atoms with Gasteiger partial charge in [-0.1, -0.05) is 35.3 Å². The van der Waals surface area contributed by atoms with E-state index in [-0.39, 0.29) is 5.54 Å². The molecule has 1 saturated heterocycles. The topological polar surface area (TPSA) is 87.9 Å². The molecule has 0 unspecified atom stereocenters. The van der Waals surface area contributed by atoms with Crippen LogP contribution in [0.4, 0.5) is 5.95 Å². The number of benzene rings is 1. The number of hydrogen-bond acceptors (Lipinski definition) is 5. The zero-order valence-corrected chi connectivity index (χ0v) is 16.3. The number of nitrogens with one attached hydrogen (secondary N) is 1. The lowest BCUT2D eigenvalue weighted by Gasteiger charge is -2.36. The lowest BCUT2D eigenvalue weighted by molar-refractivity contribution is 0.112. The van der Waals surface area contributed by atoms with Crippen molar-refractivity contribution in [2.75, 3.05) is 18.0 Å². The molecule has 1 aliphatic heterocycles. The number of halogens is 2. The van der Waals surface area contributed by atoms with Crippen molar-refractivity contribution in [3.63, 3.8) is 0 Å². The molecule has 27 heavy (non-hydrogen) atoms. The van der Waals surface area contributed by atoms with Crippen LogP contribution < -0.4 is 10.6 Å². The fourth-order valence-corrected chi connectivity index (χ4v) is 3.82. The Hall–Kier alpha value is -2.15. The number of aromatic nitrogens is 3. The maximum Gasteiger partial charge on any atom is 0.228 e. The highest BCUT2D eigenvalue weighted by Crippen LogP contribution is 2.38. The number of fused-ring (bicyclic) bond motifs is 1. The number of nitrogens with zero attached hydrogens (tertiary/aromatic N) is 3. The summed E-state index contributed by atoms with van der Waals surface area (Å²) in [5, 5.41) is 1.52. The number of nitrogens with two attached hydrogens (primary N) is 1. The van der Waals surface area contributed by atoms with Crippen molar-refractivity contribution in [2.45, 2.75) is 25.3 Å². The number of aldehydes is 1. The van der Waals surface area contributed by atoms with Crippen molar-refractivity contribution in [3.8, 4) is 11.1 Å². The first-order chi connectivity index (χ1) is 12.9. The van der Waals surface area contributed by atoms with E-state index in [9.17, 15) is 4.79 Å². The fourth-order valence-electron chi connectivity index (χ4n) is 3.42. The Morgan fingerprint density at radius 2 is 1.96 bits per heavy atom. The smallest absolute Gasteiger partial charge is 0.228 e. The van der Waals surface area contributed by atoms with Gasteiger partial charge in [0.05, 0.1) is 15.4 Å². The third-order valence-electron chi connectivity index (χ3n) is 5.09. The van der Waals surface area contributed by atoms with Crippen molar-refractivity contribution in [1.82, 2.24) is 15.0 Å². The average Bonchev–Trinajstić information content (AvgIpc) is 3.07. The summed E-state index contributed by atoms with van der Waals surface area (Å²) in [6.07, 6.45) is 4.22. The van der Waals surface area contributed by atoms with E-state index in [1.54, 1.807) is 12.3 Å². The molecule has 4 rings (SSSR count). The fraction of sp³-hybridized carbons (Fsp3) is 0.316. The number of aromatic amines is 1. The number of rotatable bonds is 3. The molecule has 1 fully saturated rings. The average molecular weight is 404 g/mol. The van der Waals surface area contributed by atoms with Gasteiger partial charge in [0.25, 0.3) is 0 Å². The Morgan fingerprint density at radius 1 is 1.22 bits per heavy atom. The molecule has 1 aliphatic rings. The van der Waals surface area contributed by atoms with Gasteiger partial charge in [0.15, 0.2) is 6.29 Å². The largest absolute Gasteiger partial charge is 0.345 e. The zero-order valence-electron chi connectivity index (χ0n) is 14.8. The van der Waals surface area contributed by atoms with E-state index in [0.717, 1.165) is 43.3 Å². The van der Waals surface area contributed by atoms with Gasteiger partial charge in [0.1, 0.15) is 11.3 Å². The Bertz CT molecular complexity index is 1020. The second-order valence-electron chi connectivity index (χ2n) is 7.20. The van der Waals surface area contributed by atoms with E-state index in [4.69, 9.17) is 28.9 Å². The Kier molecular flexibility index (Phi) is 4.58. The van der Waals surface area contributed by atoms with Gasteiger partial charge in [-0.05, 0) is 25.8 Å². The minimum absolute atomic E-state index is 0.170. The van der Waals surface area contributed by atoms with Crippen molar-refractivity contribution in [1.29, 1.82) is 0 Å². The van der Waals surface area contributed by atoms with Gasteiger partial charge in [0, 0.05) is 36.0 Å². The lowest BCUT2D eigenvalue weighted by atomic mass is 9.91. The number of piperidine rings is 1. The van der Waals surface area contributed by atoms with Gasteiger partial charge in [-0.25, -0.2) is 4.98 Å². The molecule has 0 bridgehead atoms. The second-order valence-corrected chi connectivity index (χ2v) is 7.98. The normalized spacial score (nSPS) is 16.7. The molecule has 8 heteroatoms. The van der Waals surface area contributed by atoms with E-state index in [2.05, 4.69) is 26.8 Å². The monoisotopic (exact) mass is 403 g/mol. The van der Waals surface area contributed by atoms with Crippen LogP contribution in [-0.2, 0) is 0 Å². The molecule has 0 aliphatic carbocycles. The third kappa shape index (κ3) is 3.29. The molecule has 0 radical (unpaired) electrons. The molecular formula is C19H19Cl2N5O. The molecule has 140 valence electrons. The summed E-state index contributed by atoms with van der Waals surface area (Å²) in [6.45, 7) is 3.56. The zero-order chi connectivity index (χ0) is 19.2. The molecule has 6 nitrogen and oxygen atoms in total. The van der Waals surface area contributed by atoms with E-state index in [1.807, 2.05) is 12.1 Å². The molecule has 2 aromatic heterocycles. The first kappa shape index (κ1) is 18.2. The Balaban J connectivity index is 1.80. The van der Waals surface area contributed by atoms with Crippen LogP contribution >= 0.6 is 23.2 Å². The van der Waals surface area contributed by atoms with Crippen molar-refractivity contribution >= 4 is 46.5 Å². The molecule has 1 aromatic carbocycles. The minimum Gasteiger partial charge on any atom is -0.345 e. The Labute approximate surface area is 166 Å². The van der Waals surface area contributed by atoms with E-state index in [1.165, 1.54) is 0 Å². The van der Waals surface area contributed by atoms with Crippen molar-refractivity contribution in [3.05, 3.63) is 40.1 Å². The number of carbonyl (C=O) groups is 1. The van der Waals surface area contributed by atoms with Crippen molar-refractivity contribution in [2.24, 2.45) is 5.73 Å². The summed E-state index contributed by atoms with van der Waals surface area (Å²) in [5.41, 5.74) is 8.43. The summed E-state index contributed by atoms with van der Waals surface area (Å²) in [4.78, 5) is 26.1. The second kappa shape index (κ2) is 6.78. The minimum atomic E-state index is -0.170. The predicted octanol–water partition coefficient (Wildman–Crippen LogP) is 4.06. The molecule has 0 atom stereocenters. The molecule has 3 aromatic rings. The van der Waals surface area contributed by atoms with Crippen LogP contribution in [0.1, 0.15) is 30.3 Å². The summed E-state index contributed by atoms with van der Waals surface area (Å²) >= 11 is 12.5. The van der Waals surface area contributed by atoms with Gasteiger partial charge < -0.3 is 15.6 Å². The molecular weight excluding hydrogens is 385 g/mol. The predicted molar refractivity (Wildman–Crippen MR) is 109 cm³/mol. The van der Waals surface area contributed by atoms with Crippen LogP contribution in [0, 0.1) is 0 Å². The maximum absolute atomic E-state index is 11.8. The standard InChI is InChI=1S/C19H19Cl2N5O/c1-19(22)5-7-26(8-6-19)18-24-14(10-27)15-12(9-23-17(15)25-18)11-3-2-4-13(20)16(11)21/h2-4,9-10H,5-8,22H2,1H3,(H,23,24,25). The van der Waals surface area contributed by atoms with Gasteiger partial charge in [-0.15, -0.1) is 0 Å². The summed E-state index contributed by atoms with van der Waals surface area (Å²) < 4.78 is 0. The molecule has 3 N–H and O–H groups in total. The number of carbonyl (C=O) groups excluding carboxylic acids is 1. The number of anilines is 1. The van der Waals surface area contributed by atoms with Gasteiger partial charge in [0.2, 0.25) is 5.95 Å². The van der Waals surface area contributed by atoms with E-state index in [0.29, 0.717) is 32.7 Å². The lowest BCUT2D eigenvalue weighted by Crippen LogP contribution is -2.48. The highest BCUT2D eigenvalue weighted by Gasteiger charge is 2.28. The summed E-state index contributed by atoms with van der Waals surface area (Å²) in [7, 11) is 0. The van der Waals surface area contributed by atoms with Crippen LogP contribution in [0.15, 0.2) is 24.4 Å². The summed E-state index contributed by atoms with van der Waals surface area (Å²) in [5.74, 6) is 0.533. The van der Waals surface area contributed by atoms with Gasteiger partial charge in [-0.2, -0.15) is 4.98 Å². The van der Waals surface area contributed by atoms with Gasteiger partial charge >= 0.3 is 0 Å². The quantitative estimate of drug-likeness (QED) is 0.643. The van der Waals surface area contributed by atoms with Crippen LogP contribution in [0.25, 0.3) is 22.2 Å². The number of H-pyrrole nitrogens is 1. The molecule has 0 spiro atoms. The molecule has 0 saturated carbocycles. The molecule has 0 amide bonds. The van der Waals surface area contributed by atoms with Crippen LogP contribution in [0.5, 0.6) is 0 Å². The summed E-state index contributed by atoms with van der Waals surface area (Å²) in [6, 6.07) is 5.39. The molecule has 3 heterocycles. The number of hydrogen-bond donors (Lipinski definition) is 2. The highest BCUT2D eigenvalue weighted by molar-refractivity contribution is 6.44. The van der Waals surface area contributed by atoms with E-state index >= 15 is 0 Å². The highest BCUT2D eigenvalue weighted by atomic mass is 35.5. The third-order valence-corrected chi connectivity index (χ3v) is 5.91. The SMILES string of the molecule is CC1(N)CCN(c2nc(C=O)c3c(-c4cccc(Cl)c4Cl)c[nH]c3n2)CC1. The van der Waals surface area contributed by atoms with E-state index < -0.39 is 0 Å². The Morgan fingerprint density at radius 3 is 2.67 bits per heavy atom. The van der Waals surface area contributed by atoms with Crippen molar-refractivity contribution < 1.29 is 4.79 Å². The first-order valence-corrected chi connectivity index (χ1v) is 9.48.